The Hall–Kier alpha value is -1.33. The van der Waals surface area contributed by atoms with E-state index in [1.165, 1.54) is 6.20 Å². The lowest BCUT2D eigenvalue weighted by molar-refractivity contribution is 1.27. The molecule has 0 N–H and O–H groups in total. The topological polar surface area (TPSA) is 36.7 Å². The van der Waals surface area contributed by atoms with Crippen LogP contribution in [0.1, 0.15) is 11.3 Å². The Kier molecular flexibility index (Phi) is 2.25. The molecule has 0 amide bonds. The molecule has 1 rings (SSSR count). The van der Waals surface area contributed by atoms with Crippen LogP contribution in [0.5, 0.6) is 0 Å². The molecule has 0 unspecified atom stereocenters. The second-order valence-electron chi connectivity index (χ2n) is 1.91. The van der Waals surface area contributed by atoms with E-state index in [-0.39, 0.29) is 0 Å². The highest BCUT2D eigenvalue weighted by molar-refractivity contribution is 6.31. The average Bonchev–Trinajstić information content (AvgIpc) is 2.04. The molecule has 54 valence electrons. The summed E-state index contributed by atoms with van der Waals surface area (Å²) in [6, 6.07) is 3.50. The van der Waals surface area contributed by atoms with Crippen molar-refractivity contribution in [1.29, 1.82) is 5.26 Å². The van der Waals surface area contributed by atoms with Crippen LogP contribution in [0, 0.1) is 11.3 Å². The third-order valence-corrected chi connectivity index (χ3v) is 1.49. The number of hydrogen-bond acceptors (Lipinski definition) is 2. The minimum atomic E-state index is 0.457. The third-order valence-electron chi connectivity index (χ3n) is 1.19. The number of hydrogen-bond donors (Lipinski definition) is 0. The smallest absolute Gasteiger partial charge is 0.101 e. The van der Waals surface area contributed by atoms with Crippen LogP contribution < -0.4 is 0 Å². The van der Waals surface area contributed by atoms with Crippen LogP contribution in [0.4, 0.5) is 0 Å². The lowest BCUT2D eigenvalue weighted by Gasteiger charge is -1.94. The number of nitriles is 1. The first-order valence-corrected chi connectivity index (χ1v) is 3.34. The molecule has 11 heavy (non-hydrogen) atoms. The van der Waals surface area contributed by atoms with E-state index in [1.54, 1.807) is 12.1 Å². The summed E-state index contributed by atoms with van der Waals surface area (Å²) in [6.45, 7) is 3.52. The minimum Gasteiger partial charge on any atom is -0.254 e. The summed E-state index contributed by atoms with van der Waals surface area (Å²) in [5.74, 6) is 0. The molecular weight excluding hydrogens is 160 g/mol. The lowest BCUT2D eigenvalue weighted by atomic mass is 10.2. The Bertz CT molecular complexity index is 325. The molecule has 2 nitrogen and oxygen atoms in total. The minimum absolute atomic E-state index is 0.457. The number of rotatable bonds is 1. The molecule has 1 aromatic rings. The summed E-state index contributed by atoms with van der Waals surface area (Å²) in [5, 5.41) is 8.91. The van der Waals surface area contributed by atoms with Gasteiger partial charge in [-0.1, -0.05) is 18.2 Å². The first kappa shape index (κ1) is 7.77. The van der Waals surface area contributed by atoms with Crippen LogP contribution >= 0.6 is 11.6 Å². The predicted molar refractivity (Wildman–Crippen MR) is 44.1 cm³/mol. The van der Waals surface area contributed by atoms with Gasteiger partial charge in [0.15, 0.2) is 0 Å². The van der Waals surface area contributed by atoms with Crippen molar-refractivity contribution in [2.24, 2.45) is 0 Å². The van der Waals surface area contributed by atoms with E-state index < -0.39 is 0 Å². The van der Waals surface area contributed by atoms with Crippen molar-refractivity contribution in [3.8, 4) is 6.07 Å². The average molecular weight is 165 g/mol. The van der Waals surface area contributed by atoms with Crippen molar-refractivity contribution < 1.29 is 0 Å². The Morgan fingerprint density at radius 3 is 2.91 bits per heavy atom. The Labute approximate surface area is 69.8 Å². The molecule has 0 fully saturated rings. The van der Waals surface area contributed by atoms with Crippen molar-refractivity contribution in [3.05, 3.63) is 35.1 Å². The molecular formula is C8H5ClN2. The third kappa shape index (κ3) is 1.57. The summed E-state index contributed by atoms with van der Waals surface area (Å²) in [4.78, 5) is 3.90. The van der Waals surface area contributed by atoms with Gasteiger partial charge >= 0.3 is 0 Å². The molecule has 0 radical (unpaired) electrons. The highest BCUT2D eigenvalue weighted by atomic mass is 35.5. The Balaban J connectivity index is 3.22. The van der Waals surface area contributed by atoms with Crippen LogP contribution in [0.25, 0.3) is 6.08 Å². The van der Waals surface area contributed by atoms with E-state index in [0.717, 1.165) is 0 Å². The molecule has 0 aliphatic heterocycles. The number of halogens is 1. The molecule has 3 heteroatoms. The monoisotopic (exact) mass is 164 g/mol. The van der Waals surface area contributed by atoms with E-state index >= 15 is 0 Å². The van der Waals surface area contributed by atoms with E-state index in [4.69, 9.17) is 16.9 Å². The number of aromatic nitrogens is 1. The van der Waals surface area contributed by atoms with Crippen LogP contribution in [0.2, 0.25) is 5.02 Å². The Morgan fingerprint density at radius 1 is 1.73 bits per heavy atom. The Morgan fingerprint density at radius 2 is 2.45 bits per heavy atom. The molecule has 0 atom stereocenters. The largest absolute Gasteiger partial charge is 0.254 e. The SMILES string of the molecule is C=Cc1ncc(C#N)cc1Cl. The molecule has 1 aromatic heterocycles. The van der Waals surface area contributed by atoms with Gasteiger partial charge in [0.25, 0.3) is 0 Å². The molecule has 0 aliphatic rings. The summed E-state index contributed by atoms with van der Waals surface area (Å²) in [6.07, 6.45) is 3.01. The van der Waals surface area contributed by atoms with E-state index in [9.17, 15) is 0 Å². The van der Waals surface area contributed by atoms with Crippen molar-refractivity contribution in [3.63, 3.8) is 0 Å². The normalized spacial score (nSPS) is 8.73. The van der Waals surface area contributed by atoms with Crippen LogP contribution in [0.3, 0.4) is 0 Å². The van der Waals surface area contributed by atoms with Gasteiger partial charge in [-0.05, 0) is 12.1 Å². The fraction of sp³-hybridized carbons (Fsp3) is 0. The first-order chi connectivity index (χ1) is 5.27. The molecule has 0 aromatic carbocycles. The zero-order valence-electron chi connectivity index (χ0n) is 5.71. The molecule has 0 saturated carbocycles. The van der Waals surface area contributed by atoms with Gasteiger partial charge in [-0.15, -0.1) is 0 Å². The van der Waals surface area contributed by atoms with Gasteiger partial charge in [-0.25, -0.2) is 0 Å². The molecule has 0 aliphatic carbocycles. The quantitative estimate of drug-likeness (QED) is 0.639. The highest BCUT2D eigenvalue weighted by Crippen LogP contribution is 2.15. The summed E-state index contributed by atoms with van der Waals surface area (Å²) in [7, 11) is 0. The second-order valence-corrected chi connectivity index (χ2v) is 2.31. The standard InChI is InChI=1S/C8H5ClN2/c1-2-8-7(9)3-6(4-10)5-11-8/h2-3,5H,1H2. The van der Waals surface area contributed by atoms with Gasteiger partial charge in [0.05, 0.1) is 16.3 Å². The van der Waals surface area contributed by atoms with Crippen LogP contribution in [-0.2, 0) is 0 Å². The van der Waals surface area contributed by atoms with Crippen molar-refractivity contribution in [1.82, 2.24) is 4.98 Å². The number of pyridine rings is 1. The van der Waals surface area contributed by atoms with Crippen LogP contribution in [0.15, 0.2) is 18.8 Å². The maximum atomic E-state index is 8.45. The second kappa shape index (κ2) is 3.18. The van der Waals surface area contributed by atoms with E-state index in [2.05, 4.69) is 11.6 Å². The fourth-order valence-corrected chi connectivity index (χ4v) is 0.903. The summed E-state index contributed by atoms with van der Waals surface area (Å²) < 4.78 is 0. The zero-order valence-corrected chi connectivity index (χ0v) is 6.47. The van der Waals surface area contributed by atoms with Gasteiger partial charge in [0.1, 0.15) is 6.07 Å². The van der Waals surface area contributed by atoms with Gasteiger partial charge in [0.2, 0.25) is 0 Å². The maximum Gasteiger partial charge on any atom is 0.101 e. The molecule has 0 spiro atoms. The summed E-state index contributed by atoms with van der Waals surface area (Å²) in [5.41, 5.74) is 1.06. The molecule has 1 heterocycles. The van der Waals surface area contributed by atoms with Crippen LogP contribution in [-0.4, -0.2) is 4.98 Å². The van der Waals surface area contributed by atoms with Gasteiger partial charge in [0, 0.05) is 6.20 Å². The van der Waals surface area contributed by atoms with Crippen molar-refractivity contribution in [2.75, 3.05) is 0 Å². The van der Waals surface area contributed by atoms with Gasteiger partial charge in [-0.2, -0.15) is 5.26 Å². The predicted octanol–water partition coefficient (Wildman–Crippen LogP) is 2.25. The molecule has 0 saturated heterocycles. The maximum absolute atomic E-state index is 8.45. The zero-order chi connectivity index (χ0) is 8.27. The van der Waals surface area contributed by atoms with Crippen molar-refractivity contribution in [2.45, 2.75) is 0 Å². The fourth-order valence-electron chi connectivity index (χ4n) is 0.660. The van der Waals surface area contributed by atoms with Gasteiger partial charge < -0.3 is 0 Å². The lowest BCUT2D eigenvalue weighted by Crippen LogP contribution is -1.83. The summed E-state index contributed by atoms with van der Waals surface area (Å²) >= 11 is 5.72. The molecule has 0 bridgehead atoms. The van der Waals surface area contributed by atoms with E-state index in [0.29, 0.717) is 16.3 Å². The van der Waals surface area contributed by atoms with Gasteiger partial charge in [-0.3, -0.25) is 4.98 Å². The van der Waals surface area contributed by atoms with Crippen molar-refractivity contribution >= 4 is 17.7 Å². The highest BCUT2D eigenvalue weighted by Gasteiger charge is 1.98. The first-order valence-electron chi connectivity index (χ1n) is 2.96. The number of nitrogens with zero attached hydrogens (tertiary/aromatic N) is 2. The van der Waals surface area contributed by atoms with E-state index in [1.807, 2.05) is 6.07 Å².